The van der Waals surface area contributed by atoms with Crippen molar-refractivity contribution in [3.63, 3.8) is 0 Å². The van der Waals surface area contributed by atoms with E-state index in [-0.39, 0.29) is 0 Å². The zero-order valence-electron chi connectivity index (χ0n) is 9.05. The fraction of sp³-hybridized carbons (Fsp3) is 0.500. The van der Waals surface area contributed by atoms with Crippen molar-refractivity contribution in [2.75, 3.05) is 13.1 Å². The van der Waals surface area contributed by atoms with Gasteiger partial charge in [0.15, 0.2) is 0 Å². The summed E-state index contributed by atoms with van der Waals surface area (Å²) in [6, 6.07) is 0. The van der Waals surface area contributed by atoms with Gasteiger partial charge in [0.25, 0.3) is 0 Å². The third kappa shape index (κ3) is 1.61. The number of nitrogens with zero attached hydrogens (tertiary/aromatic N) is 4. The molecule has 6 heteroatoms. The van der Waals surface area contributed by atoms with Crippen LogP contribution in [0.5, 0.6) is 0 Å². The number of imidazole rings is 1. The van der Waals surface area contributed by atoms with E-state index in [0.717, 1.165) is 25.2 Å². The van der Waals surface area contributed by atoms with Crippen molar-refractivity contribution >= 4 is 0 Å². The highest BCUT2D eigenvalue weighted by atomic mass is 16.5. The first-order valence-electron chi connectivity index (χ1n) is 5.33. The average molecular weight is 219 g/mol. The molecular formula is C10H13N5O. The summed E-state index contributed by atoms with van der Waals surface area (Å²) in [6.45, 7) is 2.09. The number of hydrogen-bond donors (Lipinski definition) is 1. The second-order valence-corrected chi connectivity index (χ2v) is 4.13. The Morgan fingerprint density at radius 1 is 1.56 bits per heavy atom. The Morgan fingerprint density at radius 2 is 2.44 bits per heavy atom. The van der Waals surface area contributed by atoms with Crippen LogP contribution in [0, 0.1) is 5.92 Å². The Kier molecular flexibility index (Phi) is 2.21. The van der Waals surface area contributed by atoms with Crippen molar-refractivity contribution in [2.45, 2.75) is 6.42 Å². The summed E-state index contributed by atoms with van der Waals surface area (Å²) in [7, 11) is 1.91. The standard InChI is InChI=1S/C10H13N5O/c1-15-6-12-5-8(15)10-13-9(16-14-10)2-7-3-11-4-7/h5-7,11H,2-4H2,1H3. The molecule has 0 saturated carbocycles. The van der Waals surface area contributed by atoms with Crippen molar-refractivity contribution in [1.29, 1.82) is 0 Å². The fourth-order valence-electron chi connectivity index (χ4n) is 1.75. The van der Waals surface area contributed by atoms with Gasteiger partial charge >= 0.3 is 0 Å². The lowest BCUT2D eigenvalue weighted by atomic mass is 10.00. The highest BCUT2D eigenvalue weighted by molar-refractivity contribution is 5.46. The van der Waals surface area contributed by atoms with E-state index >= 15 is 0 Å². The molecule has 3 rings (SSSR count). The molecule has 2 aromatic heterocycles. The maximum Gasteiger partial charge on any atom is 0.227 e. The van der Waals surface area contributed by atoms with Gasteiger partial charge in [0, 0.05) is 13.5 Å². The normalized spacial score (nSPS) is 16.3. The quantitative estimate of drug-likeness (QED) is 0.800. The highest BCUT2D eigenvalue weighted by Gasteiger charge is 2.21. The van der Waals surface area contributed by atoms with E-state index in [4.69, 9.17) is 4.52 Å². The monoisotopic (exact) mass is 219 g/mol. The van der Waals surface area contributed by atoms with Crippen LogP contribution in [0.3, 0.4) is 0 Å². The van der Waals surface area contributed by atoms with Crippen LogP contribution in [-0.4, -0.2) is 32.8 Å². The third-order valence-corrected chi connectivity index (χ3v) is 2.84. The molecule has 0 aromatic carbocycles. The van der Waals surface area contributed by atoms with E-state index in [1.165, 1.54) is 0 Å². The van der Waals surface area contributed by atoms with E-state index in [0.29, 0.717) is 17.6 Å². The predicted octanol–water partition coefficient (Wildman–Crippen LogP) is 0.232. The van der Waals surface area contributed by atoms with Crippen molar-refractivity contribution in [2.24, 2.45) is 13.0 Å². The molecule has 6 nitrogen and oxygen atoms in total. The Balaban J connectivity index is 1.79. The molecule has 1 N–H and O–H groups in total. The molecule has 1 fully saturated rings. The largest absolute Gasteiger partial charge is 0.339 e. The number of rotatable bonds is 3. The second kappa shape index (κ2) is 3.71. The van der Waals surface area contributed by atoms with E-state index in [1.54, 1.807) is 12.5 Å². The summed E-state index contributed by atoms with van der Waals surface area (Å²) < 4.78 is 7.09. The number of aryl methyl sites for hydroxylation is 1. The highest BCUT2D eigenvalue weighted by Crippen LogP contribution is 2.16. The smallest absolute Gasteiger partial charge is 0.227 e. The van der Waals surface area contributed by atoms with Crippen LogP contribution in [0.15, 0.2) is 17.0 Å². The van der Waals surface area contributed by atoms with E-state index in [9.17, 15) is 0 Å². The lowest BCUT2D eigenvalue weighted by Crippen LogP contribution is -2.43. The molecule has 0 amide bonds. The molecule has 0 atom stereocenters. The van der Waals surface area contributed by atoms with Crippen LogP contribution in [0.25, 0.3) is 11.5 Å². The third-order valence-electron chi connectivity index (χ3n) is 2.84. The minimum atomic E-state index is 0.613. The summed E-state index contributed by atoms with van der Waals surface area (Å²) in [4.78, 5) is 8.40. The number of hydrogen-bond acceptors (Lipinski definition) is 5. The number of aromatic nitrogens is 4. The van der Waals surface area contributed by atoms with Crippen LogP contribution >= 0.6 is 0 Å². The molecule has 3 heterocycles. The fourth-order valence-corrected chi connectivity index (χ4v) is 1.75. The molecule has 0 spiro atoms. The molecule has 0 radical (unpaired) electrons. The van der Waals surface area contributed by atoms with Gasteiger partial charge in [0.1, 0.15) is 5.69 Å². The molecule has 1 aliphatic heterocycles. The zero-order chi connectivity index (χ0) is 11.0. The first-order valence-corrected chi connectivity index (χ1v) is 5.33. The molecule has 16 heavy (non-hydrogen) atoms. The van der Waals surface area contributed by atoms with Crippen molar-refractivity contribution in [3.05, 3.63) is 18.4 Å². The maximum atomic E-state index is 5.22. The summed E-state index contributed by atoms with van der Waals surface area (Å²) in [5.74, 6) is 1.96. The lowest BCUT2D eigenvalue weighted by molar-refractivity contribution is 0.296. The minimum absolute atomic E-state index is 0.613. The first-order chi connectivity index (χ1) is 7.83. The van der Waals surface area contributed by atoms with Gasteiger partial charge in [0.2, 0.25) is 11.7 Å². The van der Waals surface area contributed by atoms with Crippen LogP contribution in [0.1, 0.15) is 5.89 Å². The van der Waals surface area contributed by atoms with Crippen LogP contribution < -0.4 is 5.32 Å². The average Bonchev–Trinajstić information content (AvgIpc) is 2.80. The first kappa shape index (κ1) is 9.53. The van der Waals surface area contributed by atoms with Gasteiger partial charge in [-0.1, -0.05) is 5.16 Å². The summed E-state index contributed by atoms with van der Waals surface area (Å²) in [5.41, 5.74) is 0.877. The van der Waals surface area contributed by atoms with E-state index in [1.807, 2.05) is 11.6 Å². The van der Waals surface area contributed by atoms with Gasteiger partial charge in [-0.2, -0.15) is 4.98 Å². The Hall–Kier alpha value is -1.69. The van der Waals surface area contributed by atoms with Gasteiger partial charge in [-0.25, -0.2) is 4.98 Å². The van der Waals surface area contributed by atoms with E-state index < -0.39 is 0 Å². The topological polar surface area (TPSA) is 68.8 Å². The van der Waals surface area contributed by atoms with E-state index in [2.05, 4.69) is 20.4 Å². The molecule has 0 bridgehead atoms. The summed E-state index contributed by atoms with van der Waals surface area (Å²) in [6.07, 6.45) is 4.32. The Labute approximate surface area is 92.7 Å². The molecular weight excluding hydrogens is 206 g/mol. The minimum Gasteiger partial charge on any atom is -0.339 e. The summed E-state index contributed by atoms with van der Waals surface area (Å²) in [5, 5.41) is 7.18. The zero-order valence-corrected chi connectivity index (χ0v) is 9.05. The Morgan fingerprint density at radius 3 is 3.06 bits per heavy atom. The van der Waals surface area contributed by atoms with Gasteiger partial charge in [-0.15, -0.1) is 0 Å². The number of nitrogens with one attached hydrogen (secondary N) is 1. The molecule has 0 unspecified atom stereocenters. The summed E-state index contributed by atoms with van der Waals surface area (Å²) >= 11 is 0. The SMILES string of the molecule is Cn1cncc1-c1noc(CC2CNC2)n1. The van der Waals surface area contributed by atoms with Gasteiger partial charge in [-0.3, -0.25) is 0 Å². The van der Waals surface area contributed by atoms with Gasteiger partial charge in [0.05, 0.1) is 12.5 Å². The van der Waals surface area contributed by atoms with Crippen molar-refractivity contribution in [1.82, 2.24) is 25.0 Å². The molecule has 0 aliphatic carbocycles. The molecule has 1 saturated heterocycles. The molecule has 2 aromatic rings. The second-order valence-electron chi connectivity index (χ2n) is 4.13. The van der Waals surface area contributed by atoms with Crippen LogP contribution in [0.2, 0.25) is 0 Å². The van der Waals surface area contributed by atoms with Crippen molar-refractivity contribution in [3.8, 4) is 11.5 Å². The molecule has 84 valence electrons. The van der Waals surface area contributed by atoms with Crippen LogP contribution in [0.4, 0.5) is 0 Å². The van der Waals surface area contributed by atoms with Gasteiger partial charge in [-0.05, 0) is 19.0 Å². The van der Waals surface area contributed by atoms with Gasteiger partial charge < -0.3 is 14.4 Å². The lowest BCUT2D eigenvalue weighted by Gasteiger charge is -2.25. The predicted molar refractivity (Wildman–Crippen MR) is 56.6 cm³/mol. The molecule has 1 aliphatic rings. The van der Waals surface area contributed by atoms with Crippen molar-refractivity contribution < 1.29 is 4.52 Å². The maximum absolute atomic E-state index is 5.22. The Bertz CT molecular complexity index is 485. The van der Waals surface area contributed by atoms with Crippen LogP contribution in [-0.2, 0) is 13.5 Å².